The molecule has 0 saturated carbocycles. The number of carbonyl (C=O) groups is 1. The lowest BCUT2D eigenvalue weighted by Gasteiger charge is -2.04. The molecule has 0 aliphatic heterocycles. The van der Waals surface area contributed by atoms with E-state index in [2.05, 4.69) is 15.4 Å². The van der Waals surface area contributed by atoms with Gasteiger partial charge in [-0.2, -0.15) is 10.2 Å². The van der Waals surface area contributed by atoms with Gasteiger partial charge in [-0.25, -0.2) is 4.68 Å². The van der Waals surface area contributed by atoms with E-state index >= 15 is 0 Å². The van der Waals surface area contributed by atoms with Crippen molar-refractivity contribution in [3.63, 3.8) is 0 Å². The van der Waals surface area contributed by atoms with E-state index in [0.29, 0.717) is 23.6 Å². The molecule has 0 radical (unpaired) electrons. The number of nitrogens with zero attached hydrogens (tertiary/aromatic N) is 5. The minimum Gasteiger partial charge on any atom is -0.305 e. The summed E-state index contributed by atoms with van der Waals surface area (Å²) in [5, 5.41) is 12.1. The summed E-state index contributed by atoms with van der Waals surface area (Å²) in [6, 6.07) is 25.1. The first-order valence-corrected chi connectivity index (χ1v) is 10.2. The number of anilines is 1. The Labute approximate surface area is 185 Å². The Kier molecular flexibility index (Phi) is 5.28. The highest BCUT2D eigenvalue weighted by Crippen LogP contribution is 2.24. The van der Waals surface area contributed by atoms with E-state index < -0.39 is 0 Å². The summed E-state index contributed by atoms with van der Waals surface area (Å²) >= 11 is 0. The van der Waals surface area contributed by atoms with E-state index in [4.69, 9.17) is 5.10 Å². The molecule has 5 aromatic rings. The number of pyridine rings is 1. The summed E-state index contributed by atoms with van der Waals surface area (Å²) in [7, 11) is 0. The van der Waals surface area contributed by atoms with Crippen molar-refractivity contribution in [3.8, 4) is 16.9 Å². The summed E-state index contributed by atoms with van der Waals surface area (Å²) < 4.78 is 3.50. The van der Waals surface area contributed by atoms with Crippen molar-refractivity contribution >= 4 is 11.7 Å². The maximum absolute atomic E-state index is 13.2. The van der Waals surface area contributed by atoms with Crippen LogP contribution in [0.2, 0.25) is 0 Å². The molecule has 0 atom stereocenters. The van der Waals surface area contributed by atoms with Gasteiger partial charge >= 0.3 is 0 Å². The number of benzene rings is 2. The lowest BCUT2D eigenvalue weighted by Crippen LogP contribution is -2.13. The average Bonchev–Trinajstić information content (AvgIpc) is 3.48. The van der Waals surface area contributed by atoms with Gasteiger partial charge in [0.1, 0.15) is 5.69 Å². The Morgan fingerprint density at radius 1 is 0.844 bits per heavy atom. The normalized spacial score (nSPS) is 10.8. The number of amides is 1. The van der Waals surface area contributed by atoms with Gasteiger partial charge < -0.3 is 5.32 Å². The second-order valence-electron chi connectivity index (χ2n) is 7.25. The molecule has 1 amide bonds. The third-order valence-electron chi connectivity index (χ3n) is 5.00. The fourth-order valence-electron chi connectivity index (χ4n) is 3.44. The second-order valence-corrected chi connectivity index (χ2v) is 7.25. The largest absolute Gasteiger partial charge is 0.305 e. The minimum atomic E-state index is -0.264. The molecule has 156 valence electrons. The van der Waals surface area contributed by atoms with E-state index in [9.17, 15) is 4.79 Å². The predicted molar refractivity (Wildman–Crippen MR) is 123 cm³/mol. The maximum atomic E-state index is 13.2. The van der Waals surface area contributed by atoms with Crippen LogP contribution in [-0.4, -0.2) is 30.5 Å². The molecule has 0 spiro atoms. The van der Waals surface area contributed by atoms with Crippen LogP contribution in [0.5, 0.6) is 0 Å². The first-order valence-electron chi connectivity index (χ1n) is 10.2. The van der Waals surface area contributed by atoms with Crippen molar-refractivity contribution in [3.05, 3.63) is 115 Å². The molecule has 0 aliphatic carbocycles. The molecule has 7 heteroatoms. The first-order chi connectivity index (χ1) is 15.8. The topological polar surface area (TPSA) is 77.6 Å². The van der Waals surface area contributed by atoms with Crippen LogP contribution in [0.4, 0.5) is 5.82 Å². The molecule has 1 N–H and O–H groups in total. The van der Waals surface area contributed by atoms with Gasteiger partial charge in [-0.05, 0) is 29.8 Å². The summed E-state index contributed by atoms with van der Waals surface area (Å²) in [5.41, 5.74) is 3.92. The highest BCUT2D eigenvalue weighted by atomic mass is 16.1. The summed E-state index contributed by atoms with van der Waals surface area (Å²) in [4.78, 5) is 17.2. The SMILES string of the molecule is O=C(Nc1ccn(Cc2ccncc2)n1)c1cn(-c2ccccc2)nc1-c1ccccc1. The van der Waals surface area contributed by atoms with Crippen LogP contribution in [0.3, 0.4) is 0 Å². The van der Waals surface area contributed by atoms with Gasteiger partial charge in [0.25, 0.3) is 5.91 Å². The van der Waals surface area contributed by atoms with Gasteiger partial charge in [-0.1, -0.05) is 48.5 Å². The molecule has 0 fully saturated rings. The predicted octanol–water partition coefficient (Wildman–Crippen LogP) is 4.43. The summed E-state index contributed by atoms with van der Waals surface area (Å²) in [6.07, 6.45) is 7.08. The second kappa shape index (κ2) is 8.69. The Morgan fingerprint density at radius 3 is 2.31 bits per heavy atom. The van der Waals surface area contributed by atoms with Crippen molar-refractivity contribution in [2.75, 3.05) is 5.32 Å². The van der Waals surface area contributed by atoms with Crippen LogP contribution in [0.25, 0.3) is 16.9 Å². The van der Waals surface area contributed by atoms with E-state index in [-0.39, 0.29) is 5.91 Å². The van der Waals surface area contributed by atoms with Crippen LogP contribution in [0, 0.1) is 0 Å². The Hall–Kier alpha value is -4.52. The minimum absolute atomic E-state index is 0.264. The molecule has 2 aromatic carbocycles. The molecule has 3 aromatic heterocycles. The maximum Gasteiger partial charge on any atom is 0.260 e. The molecule has 0 saturated heterocycles. The smallest absolute Gasteiger partial charge is 0.260 e. The van der Waals surface area contributed by atoms with E-state index in [1.165, 1.54) is 0 Å². The summed E-state index contributed by atoms with van der Waals surface area (Å²) in [5.74, 6) is 0.218. The monoisotopic (exact) mass is 420 g/mol. The van der Waals surface area contributed by atoms with Crippen LogP contribution in [-0.2, 0) is 6.54 Å². The number of para-hydroxylation sites is 1. The summed E-state index contributed by atoms with van der Waals surface area (Å²) in [6.45, 7) is 0.597. The van der Waals surface area contributed by atoms with Crippen molar-refractivity contribution in [2.24, 2.45) is 0 Å². The number of hydrogen-bond donors (Lipinski definition) is 1. The molecular weight excluding hydrogens is 400 g/mol. The van der Waals surface area contributed by atoms with Crippen molar-refractivity contribution < 1.29 is 4.79 Å². The number of carbonyl (C=O) groups excluding carboxylic acids is 1. The number of nitrogens with one attached hydrogen (secondary N) is 1. The van der Waals surface area contributed by atoms with Crippen molar-refractivity contribution in [1.29, 1.82) is 0 Å². The molecule has 0 unspecified atom stereocenters. The fourth-order valence-corrected chi connectivity index (χ4v) is 3.44. The van der Waals surface area contributed by atoms with Crippen LogP contribution < -0.4 is 5.32 Å². The number of aromatic nitrogens is 5. The molecule has 0 bridgehead atoms. The van der Waals surface area contributed by atoms with Gasteiger partial charge in [0.15, 0.2) is 5.82 Å². The molecule has 32 heavy (non-hydrogen) atoms. The third kappa shape index (κ3) is 4.17. The van der Waals surface area contributed by atoms with Gasteiger partial charge in [0, 0.05) is 36.4 Å². The molecular formula is C25H20N6O. The number of rotatable bonds is 6. The zero-order chi connectivity index (χ0) is 21.8. The van der Waals surface area contributed by atoms with Gasteiger partial charge in [-0.15, -0.1) is 0 Å². The quantitative estimate of drug-likeness (QED) is 0.441. The Morgan fingerprint density at radius 2 is 1.56 bits per heavy atom. The third-order valence-corrected chi connectivity index (χ3v) is 5.00. The fraction of sp³-hybridized carbons (Fsp3) is 0.0400. The van der Waals surface area contributed by atoms with Crippen LogP contribution in [0.15, 0.2) is 104 Å². The van der Waals surface area contributed by atoms with Crippen LogP contribution >= 0.6 is 0 Å². The molecule has 0 aliphatic rings. The zero-order valence-electron chi connectivity index (χ0n) is 17.2. The first kappa shape index (κ1) is 19.4. The standard InChI is InChI=1S/C25H20N6O/c32-25(27-23-13-16-30(28-23)17-19-11-14-26-15-12-19)22-18-31(21-9-5-2-6-10-21)29-24(22)20-7-3-1-4-8-20/h1-16,18H,17H2,(H,27,28,32). The Bertz CT molecular complexity index is 1330. The molecule has 5 rings (SSSR count). The van der Waals surface area contributed by atoms with E-state index in [1.807, 2.05) is 79.0 Å². The number of hydrogen-bond acceptors (Lipinski definition) is 4. The van der Waals surface area contributed by atoms with Gasteiger partial charge in [-0.3, -0.25) is 14.5 Å². The highest BCUT2D eigenvalue weighted by molar-refractivity contribution is 6.07. The Balaban J connectivity index is 1.42. The van der Waals surface area contributed by atoms with E-state index in [0.717, 1.165) is 16.8 Å². The van der Waals surface area contributed by atoms with Crippen molar-refractivity contribution in [1.82, 2.24) is 24.5 Å². The average molecular weight is 420 g/mol. The van der Waals surface area contributed by atoms with Crippen molar-refractivity contribution in [2.45, 2.75) is 6.54 Å². The van der Waals surface area contributed by atoms with Crippen LogP contribution in [0.1, 0.15) is 15.9 Å². The molecule has 7 nitrogen and oxygen atoms in total. The zero-order valence-corrected chi connectivity index (χ0v) is 17.2. The van der Waals surface area contributed by atoms with Gasteiger partial charge in [0.2, 0.25) is 0 Å². The van der Waals surface area contributed by atoms with Gasteiger partial charge in [0.05, 0.1) is 17.8 Å². The lowest BCUT2D eigenvalue weighted by atomic mass is 10.1. The lowest BCUT2D eigenvalue weighted by molar-refractivity contribution is 0.102. The highest BCUT2D eigenvalue weighted by Gasteiger charge is 2.19. The van der Waals surface area contributed by atoms with E-state index in [1.54, 1.807) is 34.0 Å². The molecule has 3 heterocycles.